The van der Waals surface area contributed by atoms with Gasteiger partial charge in [-0.05, 0) is 231 Å². The highest BCUT2D eigenvalue weighted by molar-refractivity contribution is 6.27. The number of fused-ring (bicyclic) bond motifs is 17. The Balaban J connectivity index is 0.000000102. The van der Waals surface area contributed by atoms with Crippen LogP contribution >= 0.6 is 0 Å². The number of hydrogen-bond acceptors (Lipinski definition) is 6. The van der Waals surface area contributed by atoms with Crippen molar-refractivity contribution in [1.29, 1.82) is 0 Å². The summed E-state index contributed by atoms with van der Waals surface area (Å²) in [6.07, 6.45) is 0. The first kappa shape index (κ1) is 82.3. The molecule has 0 bridgehead atoms. The molecule has 0 saturated heterocycles. The second kappa shape index (κ2) is 33.0. The third-order valence-corrected chi connectivity index (χ3v) is 30.0. The van der Waals surface area contributed by atoms with E-state index in [9.17, 15) is 0 Å². The van der Waals surface area contributed by atoms with Crippen LogP contribution in [0.3, 0.4) is 0 Å². The van der Waals surface area contributed by atoms with Gasteiger partial charge in [0.25, 0.3) is 0 Å². The topological polar surface area (TPSA) is 81.2 Å². The summed E-state index contributed by atoms with van der Waals surface area (Å²) in [5.74, 6) is 7.65. The second-order valence-electron chi connectivity index (χ2n) is 38.1. The number of aromatic nitrogens is 6. The van der Waals surface area contributed by atoms with Gasteiger partial charge in [0, 0.05) is 50.1 Å². The van der Waals surface area contributed by atoms with Gasteiger partial charge in [-0.3, -0.25) is 13.7 Å². The molecule has 9 nitrogen and oxygen atoms in total. The van der Waals surface area contributed by atoms with Crippen LogP contribution in [0.1, 0.15) is 0 Å². The fraction of sp³-hybridized carbons (Fsp3) is 0. The van der Waals surface area contributed by atoms with Crippen molar-refractivity contribution >= 4 is 152 Å². The van der Waals surface area contributed by atoms with E-state index in [1.54, 1.807) is 0 Å². The molecule has 146 heavy (non-hydrogen) atoms. The van der Waals surface area contributed by atoms with Gasteiger partial charge < -0.3 is 14.2 Å². The normalized spacial score (nSPS) is 12.1. The first-order valence-electron chi connectivity index (χ1n) is 49.8. The van der Waals surface area contributed by atoms with Crippen LogP contribution in [0, 0.1) is 0 Å². The average Bonchev–Trinajstić information content (AvgIpc) is 1.17. The third-order valence-electron chi connectivity index (χ3n) is 30.0. The molecule has 0 radical (unpaired) electrons. The van der Waals surface area contributed by atoms with Crippen molar-refractivity contribution in [3.63, 3.8) is 0 Å². The summed E-state index contributed by atoms with van der Waals surface area (Å²) in [6, 6.07) is 178. The Morgan fingerprint density at radius 2 is 0.384 bits per heavy atom. The molecule has 0 saturated carbocycles. The SMILES string of the molecule is c1cc(-c2c3ccccc3c(-c3ccc4ccccc4c3)c3ccccc23)c2c(c1)-n1c(-c3ccc4ccccc4c3)nc3cccc(c31)O2.c1cc(-c2c3ccccc3c(-c3cccc4ccccc34)c3ccccc23)c2c(c1)-n1c(-c3ccc4ccccc4c3)nc3cccc(c31)O2.c1ccc(-c2c3ccccc3c(-c3cccc4c3Oc3cccc5nc(-c6ccc7ccccc7c6)n-4c35)c3ccccc23)cc1. The Hall–Kier alpha value is -19.6. The Kier molecular flexibility index (Phi) is 18.6. The Morgan fingerprint density at radius 3 is 0.712 bits per heavy atom. The molecule has 0 N–H and O–H groups in total. The number of imidazole rings is 3. The van der Waals surface area contributed by atoms with Gasteiger partial charge >= 0.3 is 0 Å². The Bertz CT molecular complexity index is 10400. The van der Waals surface area contributed by atoms with Gasteiger partial charge in [-0.25, -0.2) is 15.0 Å². The number of nitrogens with zero attached hydrogens (tertiary/aromatic N) is 6. The van der Waals surface area contributed by atoms with Crippen molar-refractivity contribution in [2.24, 2.45) is 0 Å². The van der Waals surface area contributed by atoms with E-state index in [1.165, 1.54) is 169 Å². The maximum atomic E-state index is 6.96. The van der Waals surface area contributed by atoms with Crippen molar-refractivity contribution in [2.45, 2.75) is 0 Å². The first-order chi connectivity index (χ1) is 72.4. The molecule has 0 fully saturated rings. The molecule has 3 aliphatic heterocycles. The van der Waals surface area contributed by atoms with E-state index in [0.717, 1.165) is 136 Å². The molecule has 29 aromatic rings. The van der Waals surface area contributed by atoms with Crippen LogP contribution < -0.4 is 14.2 Å². The Labute approximate surface area is 838 Å². The molecular weight excluding hydrogens is 1780 g/mol. The van der Waals surface area contributed by atoms with Crippen LogP contribution in [0.25, 0.3) is 270 Å². The molecular formula is C137H82N6O3. The zero-order valence-corrected chi connectivity index (χ0v) is 78.8. The van der Waals surface area contributed by atoms with E-state index < -0.39 is 0 Å². The highest BCUT2D eigenvalue weighted by atomic mass is 16.5. The lowest BCUT2D eigenvalue weighted by Crippen LogP contribution is -2.07. The molecule has 0 amide bonds. The van der Waals surface area contributed by atoms with Gasteiger partial charge in [0.05, 0.1) is 33.6 Å². The predicted molar refractivity (Wildman–Crippen MR) is 605 cm³/mol. The van der Waals surface area contributed by atoms with E-state index in [1.807, 2.05) is 18.2 Å². The Morgan fingerprint density at radius 1 is 0.151 bits per heavy atom. The van der Waals surface area contributed by atoms with Gasteiger partial charge in [-0.15, -0.1) is 0 Å². The summed E-state index contributed by atoms with van der Waals surface area (Å²) in [6.45, 7) is 0. The van der Waals surface area contributed by atoms with Gasteiger partial charge in [-0.1, -0.05) is 419 Å². The smallest absolute Gasteiger partial charge is 0.159 e. The standard InChI is InChI=1S/2C47H28N2O.C43H26N2O/c1-3-13-31-27-33(25-23-29(31)11-1)43-35-15-5-7-17-37(35)44(38-18-8-6-16-36(38)43)39-19-9-21-41-46(39)50-42-22-10-20-40-45(42)49(41)47(48-40)34-26-24-30-12-2-4-14-32(30)28-34;1-2-14-31-28-32(27-26-29(31)12-1)47-48-40-23-11-25-42-45(40)49(47)41-24-10-22-39(46(41)50-42)44-37-19-7-5-17-35(37)43(36-18-6-8-20-38(36)44)34-21-9-15-30-13-3-4-16-33(30)34;1-2-13-28(14-3-1)39-31-16-6-8-18-33(31)40(34-19-9-7-17-32(34)39)35-20-10-22-37-42(35)46-38-23-11-21-36-41(38)45(37)43(44-36)30-25-24-27-12-4-5-15-29(27)26-30/h2*1-28H;1-26H. The van der Waals surface area contributed by atoms with Crippen LogP contribution in [0.4, 0.5) is 0 Å². The molecule has 3 aromatic heterocycles. The predicted octanol–water partition coefficient (Wildman–Crippen LogP) is 37.1. The second-order valence-corrected chi connectivity index (χ2v) is 38.1. The maximum absolute atomic E-state index is 6.96. The number of ether oxygens (including phenoxy) is 3. The fourth-order valence-electron chi connectivity index (χ4n) is 23.7. The molecule has 9 heteroatoms. The molecule has 26 aromatic carbocycles. The summed E-state index contributed by atoms with van der Waals surface area (Å²) in [7, 11) is 0. The third kappa shape index (κ3) is 12.9. The van der Waals surface area contributed by atoms with E-state index in [0.29, 0.717) is 0 Å². The summed E-state index contributed by atoms with van der Waals surface area (Å²) in [5.41, 5.74) is 26.0. The molecule has 3 aliphatic rings. The average molecular weight is 1860 g/mol. The van der Waals surface area contributed by atoms with Crippen LogP contribution in [0.15, 0.2) is 497 Å². The van der Waals surface area contributed by atoms with Crippen molar-refractivity contribution in [3.05, 3.63) is 497 Å². The zero-order valence-electron chi connectivity index (χ0n) is 78.8. The van der Waals surface area contributed by atoms with E-state index in [4.69, 9.17) is 29.2 Å². The minimum absolute atomic E-state index is 0.808. The first-order valence-corrected chi connectivity index (χ1v) is 49.8. The number of rotatable bonds is 9. The van der Waals surface area contributed by atoms with E-state index in [-0.39, 0.29) is 0 Å². The largest absolute Gasteiger partial charge is 0.452 e. The molecule has 32 rings (SSSR count). The van der Waals surface area contributed by atoms with Gasteiger partial charge in [0.2, 0.25) is 0 Å². The van der Waals surface area contributed by atoms with Crippen LogP contribution in [-0.4, -0.2) is 28.7 Å². The summed E-state index contributed by atoms with van der Waals surface area (Å²) >= 11 is 0. The van der Waals surface area contributed by atoms with Crippen LogP contribution in [0.2, 0.25) is 0 Å². The fourth-order valence-corrected chi connectivity index (χ4v) is 23.7. The highest BCUT2D eigenvalue weighted by Crippen LogP contribution is 2.58. The lowest BCUT2D eigenvalue weighted by atomic mass is 9.84. The monoisotopic (exact) mass is 1860 g/mol. The van der Waals surface area contributed by atoms with Crippen LogP contribution in [0.5, 0.6) is 34.5 Å². The zero-order chi connectivity index (χ0) is 95.7. The number of para-hydroxylation sites is 6. The highest BCUT2D eigenvalue weighted by Gasteiger charge is 2.35. The van der Waals surface area contributed by atoms with Gasteiger partial charge in [0.15, 0.2) is 34.5 Å². The van der Waals surface area contributed by atoms with E-state index in [2.05, 4.69) is 493 Å². The molecule has 0 aliphatic carbocycles. The van der Waals surface area contributed by atoms with Crippen molar-refractivity contribution in [1.82, 2.24) is 28.7 Å². The molecule has 6 heterocycles. The van der Waals surface area contributed by atoms with Crippen molar-refractivity contribution in [3.8, 4) is 152 Å². The van der Waals surface area contributed by atoms with Crippen LogP contribution in [-0.2, 0) is 0 Å². The molecule has 0 spiro atoms. The summed E-state index contributed by atoms with van der Waals surface area (Å²) in [5, 5.41) is 26.6. The lowest BCUT2D eigenvalue weighted by molar-refractivity contribution is 0.477. The van der Waals surface area contributed by atoms with E-state index >= 15 is 0 Å². The lowest BCUT2D eigenvalue weighted by Gasteiger charge is -2.25. The minimum Gasteiger partial charge on any atom is -0.452 e. The molecule has 678 valence electrons. The minimum atomic E-state index is 0.808. The van der Waals surface area contributed by atoms with Gasteiger partial charge in [0.1, 0.15) is 34.0 Å². The van der Waals surface area contributed by atoms with Gasteiger partial charge in [-0.2, -0.15) is 0 Å². The number of benzene rings is 26. The summed E-state index contributed by atoms with van der Waals surface area (Å²) in [4.78, 5) is 15.6. The molecule has 0 atom stereocenters. The van der Waals surface area contributed by atoms with Crippen molar-refractivity contribution in [2.75, 3.05) is 0 Å². The van der Waals surface area contributed by atoms with Crippen molar-refractivity contribution < 1.29 is 14.2 Å². The maximum Gasteiger partial charge on any atom is 0.159 e. The summed E-state index contributed by atoms with van der Waals surface area (Å²) < 4.78 is 27.7. The number of hydrogen-bond donors (Lipinski definition) is 0. The molecule has 0 unspecified atom stereocenters. The quantitative estimate of drug-likeness (QED) is 0.134.